The van der Waals surface area contributed by atoms with Crippen molar-refractivity contribution in [3.63, 3.8) is 0 Å². The number of hydrogen-bond acceptors (Lipinski definition) is 4. The van der Waals surface area contributed by atoms with E-state index in [-0.39, 0.29) is 0 Å². The minimum absolute atomic E-state index is 0.292. The molecular weight excluding hydrogens is 276 g/mol. The Morgan fingerprint density at radius 1 is 1.19 bits per heavy atom. The molecule has 0 aromatic carbocycles. The number of carbonyl (C=O) groups excluding carboxylic acids is 1. The van der Waals surface area contributed by atoms with E-state index in [2.05, 4.69) is 0 Å². The molecule has 2 rings (SSSR count). The van der Waals surface area contributed by atoms with Gasteiger partial charge in [0.1, 0.15) is 0 Å². The van der Waals surface area contributed by atoms with Gasteiger partial charge in [-0.15, -0.1) is 0 Å². The summed E-state index contributed by atoms with van der Waals surface area (Å²) >= 11 is 0. The molecule has 6 nitrogen and oxygen atoms in total. The van der Waals surface area contributed by atoms with Crippen molar-refractivity contribution < 1.29 is 29.7 Å². The van der Waals surface area contributed by atoms with E-state index in [4.69, 9.17) is 0 Å². The molecule has 21 heavy (non-hydrogen) atoms. The number of aliphatic carboxylic acids is 2. The van der Waals surface area contributed by atoms with Crippen molar-refractivity contribution >= 4 is 17.7 Å². The molecule has 3 unspecified atom stereocenters. The average Bonchev–Trinajstić information content (AvgIpc) is 2.31. The largest absolute Gasteiger partial charge is 0.479 e. The van der Waals surface area contributed by atoms with E-state index < -0.39 is 45.6 Å². The Hall–Kier alpha value is -1.69. The topological polar surface area (TPSA) is 112 Å². The SMILES string of the molecule is CC1(C)CCCC2(C)C1C(=O)C=C(C(=O)O)C2(O)C(=O)O. The Balaban J connectivity index is 2.77. The summed E-state index contributed by atoms with van der Waals surface area (Å²) in [7, 11) is 0. The third kappa shape index (κ3) is 1.85. The first-order valence-corrected chi connectivity index (χ1v) is 6.93. The number of allylic oxidation sites excluding steroid dienone is 1. The number of rotatable bonds is 2. The van der Waals surface area contributed by atoms with E-state index in [0.717, 1.165) is 12.5 Å². The highest BCUT2D eigenvalue weighted by atomic mass is 16.4. The van der Waals surface area contributed by atoms with Gasteiger partial charge in [-0.25, -0.2) is 9.59 Å². The molecule has 2 aliphatic rings. The lowest BCUT2D eigenvalue weighted by Gasteiger charge is -2.56. The fourth-order valence-electron chi connectivity index (χ4n) is 4.36. The van der Waals surface area contributed by atoms with Crippen molar-refractivity contribution in [2.24, 2.45) is 16.7 Å². The van der Waals surface area contributed by atoms with Crippen LogP contribution in [0.3, 0.4) is 0 Å². The maximum atomic E-state index is 12.4. The summed E-state index contributed by atoms with van der Waals surface area (Å²) in [5, 5.41) is 29.5. The molecule has 0 saturated heterocycles. The summed E-state index contributed by atoms with van der Waals surface area (Å²) in [4.78, 5) is 35.5. The van der Waals surface area contributed by atoms with E-state index in [0.29, 0.717) is 12.8 Å². The number of carbonyl (C=O) groups is 3. The zero-order valence-electron chi connectivity index (χ0n) is 12.3. The maximum absolute atomic E-state index is 12.4. The summed E-state index contributed by atoms with van der Waals surface area (Å²) in [6.07, 6.45) is 2.46. The van der Waals surface area contributed by atoms with Crippen LogP contribution in [0.1, 0.15) is 40.0 Å². The highest BCUT2D eigenvalue weighted by Gasteiger charge is 2.67. The van der Waals surface area contributed by atoms with Gasteiger partial charge in [0.2, 0.25) is 0 Å². The zero-order valence-corrected chi connectivity index (χ0v) is 12.3. The van der Waals surface area contributed by atoms with Crippen LogP contribution in [0.5, 0.6) is 0 Å². The fraction of sp³-hybridized carbons (Fsp3) is 0.667. The van der Waals surface area contributed by atoms with Gasteiger partial charge >= 0.3 is 11.9 Å². The highest BCUT2D eigenvalue weighted by molar-refractivity contribution is 6.09. The molecule has 0 aromatic heterocycles. The van der Waals surface area contributed by atoms with Gasteiger partial charge in [-0.2, -0.15) is 0 Å². The molecule has 0 radical (unpaired) electrons. The van der Waals surface area contributed by atoms with Gasteiger partial charge in [0.05, 0.1) is 5.57 Å². The zero-order chi connectivity index (χ0) is 16.2. The predicted octanol–water partition coefficient (Wildman–Crippen LogP) is 1.23. The lowest BCUT2D eigenvalue weighted by molar-refractivity contribution is -0.191. The molecule has 3 N–H and O–H groups in total. The highest BCUT2D eigenvalue weighted by Crippen LogP contribution is 2.60. The van der Waals surface area contributed by atoms with Gasteiger partial charge in [-0.05, 0) is 24.3 Å². The molecule has 0 aromatic rings. The summed E-state index contributed by atoms with van der Waals surface area (Å²) in [5.41, 5.74) is -5.13. The summed E-state index contributed by atoms with van der Waals surface area (Å²) in [6.45, 7) is 5.23. The number of carboxylic acid groups (broad SMARTS) is 2. The van der Waals surface area contributed by atoms with Crippen LogP contribution in [0.2, 0.25) is 0 Å². The average molecular weight is 296 g/mol. The number of fused-ring (bicyclic) bond motifs is 1. The first-order valence-electron chi connectivity index (χ1n) is 6.93. The molecule has 0 heterocycles. The number of aliphatic hydroxyl groups is 1. The van der Waals surface area contributed by atoms with Crippen LogP contribution >= 0.6 is 0 Å². The lowest BCUT2D eigenvalue weighted by atomic mass is 9.46. The molecule has 116 valence electrons. The molecule has 0 spiro atoms. The van der Waals surface area contributed by atoms with Crippen molar-refractivity contribution in [1.29, 1.82) is 0 Å². The van der Waals surface area contributed by atoms with Crippen LogP contribution in [0.25, 0.3) is 0 Å². The smallest absolute Gasteiger partial charge is 0.341 e. The van der Waals surface area contributed by atoms with Crippen LogP contribution in [-0.2, 0) is 14.4 Å². The first kappa shape index (κ1) is 15.7. The third-order valence-corrected chi connectivity index (χ3v) is 5.26. The second-order valence-corrected chi connectivity index (χ2v) is 6.97. The van der Waals surface area contributed by atoms with E-state index >= 15 is 0 Å². The second-order valence-electron chi connectivity index (χ2n) is 6.97. The number of ketones is 1. The van der Waals surface area contributed by atoms with Crippen LogP contribution in [0.15, 0.2) is 11.6 Å². The van der Waals surface area contributed by atoms with Crippen molar-refractivity contribution in [3.05, 3.63) is 11.6 Å². The first-order chi connectivity index (χ1) is 9.48. The molecule has 0 aliphatic heterocycles. The van der Waals surface area contributed by atoms with Crippen molar-refractivity contribution in [2.75, 3.05) is 0 Å². The fourth-order valence-corrected chi connectivity index (χ4v) is 4.36. The molecule has 1 saturated carbocycles. The van der Waals surface area contributed by atoms with Crippen LogP contribution in [-0.4, -0.2) is 38.6 Å². The lowest BCUT2D eigenvalue weighted by Crippen LogP contribution is -2.66. The summed E-state index contributed by atoms with van der Waals surface area (Å²) < 4.78 is 0. The molecule has 0 amide bonds. The van der Waals surface area contributed by atoms with Crippen molar-refractivity contribution in [3.8, 4) is 0 Å². The minimum atomic E-state index is -2.56. The molecule has 1 fully saturated rings. The molecule has 2 aliphatic carbocycles. The van der Waals surface area contributed by atoms with Crippen LogP contribution < -0.4 is 0 Å². The molecular formula is C15H20O6. The van der Waals surface area contributed by atoms with Gasteiger partial charge in [0.25, 0.3) is 0 Å². The van der Waals surface area contributed by atoms with E-state index in [1.807, 2.05) is 13.8 Å². The summed E-state index contributed by atoms with van der Waals surface area (Å²) in [6, 6.07) is 0. The Kier molecular flexibility index (Phi) is 3.29. The Bertz CT molecular complexity index is 561. The van der Waals surface area contributed by atoms with E-state index in [9.17, 15) is 29.7 Å². The third-order valence-electron chi connectivity index (χ3n) is 5.26. The minimum Gasteiger partial charge on any atom is -0.479 e. The second kappa shape index (κ2) is 4.40. The number of carboxylic acids is 2. The summed E-state index contributed by atoms with van der Waals surface area (Å²) in [5.74, 6) is -4.32. The molecule has 0 bridgehead atoms. The van der Waals surface area contributed by atoms with Gasteiger partial charge in [-0.3, -0.25) is 4.79 Å². The van der Waals surface area contributed by atoms with Gasteiger partial charge in [0.15, 0.2) is 11.4 Å². The monoisotopic (exact) mass is 296 g/mol. The Labute approximate surface area is 122 Å². The van der Waals surface area contributed by atoms with Crippen LogP contribution in [0.4, 0.5) is 0 Å². The molecule has 6 heteroatoms. The van der Waals surface area contributed by atoms with Gasteiger partial charge < -0.3 is 15.3 Å². The molecule has 3 atom stereocenters. The Morgan fingerprint density at radius 3 is 2.24 bits per heavy atom. The van der Waals surface area contributed by atoms with Crippen molar-refractivity contribution in [2.45, 2.75) is 45.6 Å². The van der Waals surface area contributed by atoms with Crippen LogP contribution in [0, 0.1) is 16.7 Å². The van der Waals surface area contributed by atoms with Gasteiger partial charge in [-0.1, -0.05) is 27.2 Å². The maximum Gasteiger partial charge on any atom is 0.341 e. The Morgan fingerprint density at radius 2 is 1.76 bits per heavy atom. The van der Waals surface area contributed by atoms with Crippen molar-refractivity contribution in [1.82, 2.24) is 0 Å². The quantitative estimate of drug-likeness (QED) is 0.706. The van der Waals surface area contributed by atoms with Gasteiger partial charge in [0, 0.05) is 11.3 Å². The van der Waals surface area contributed by atoms with E-state index in [1.54, 1.807) is 0 Å². The predicted molar refractivity (Wildman–Crippen MR) is 72.5 cm³/mol. The number of hydrogen-bond donors (Lipinski definition) is 3. The standard InChI is InChI=1S/C15H20O6/c1-13(2)5-4-6-14(3)10(13)9(16)7-8(11(17)18)15(14,21)12(19)20/h7,10,21H,4-6H2,1-3H3,(H,17,18)(H,19,20). The van der Waals surface area contributed by atoms with E-state index in [1.165, 1.54) is 6.92 Å². The normalized spacial score (nSPS) is 38.4.